The first kappa shape index (κ1) is 14.1. The summed E-state index contributed by atoms with van der Waals surface area (Å²) in [5.41, 5.74) is 6.90. The molecule has 3 N–H and O–H groups in total. The largest absolute Gasteiger partial charge is 0.396 e. The molecule has 0 bridgehead atoms. The van der Waals surface area contributed by atoms with Gasteiger partial charge in [0.05, 0.1) is 0 Å². The van der Waals surface area contributed by atoms with Gasteiger partial charge in [-0.3, -0.25) is 0 Å². The van der Waals surface area contributed by atoms with Crippen molar-refractivity contribution in [1.82, 2.24) is 0 Å². The minimum atomic E-state index is -2.44. The van der Waals surface area contributed by atoms with Crippen LogP contribution in [0.1, 0.15) is 43.2 Å². The van der Waals surface area contributed by atoms with Crippen LogP contribution in [0, 0.1) is 0 Å². The van der Waals surface area contributed by atoms with E-state index in [1.54, 1.807) is 12.1 Å². The van der Waals surface area contributed by atoms with E-state index in [2.05, 4.69) is 0 Å². The second-order valence-corrected chi connectivity index (χ2v) is 4.16. The first-order chi connectivity index (χ1) is 8.10. The molecule has 0 saturated heterocycles. The van der Waals surface area contributed by atoms with Crippen LogP contribution in [0.25, 0.3) is 0 Å². The fraction of sp³-hybridized carbons (Fsp3) is 0.538. The van der Waals surface area contributed by atoms with Gasteiger partial charge in [-0.15, -0.1) is 0 Å². The molecule has 0 saturated carbocycles. The average Bonchev–Trinajstić information content (AvgIpc) is 2.35. The van der Waals surface area contributed by atoms with E-state index in [-0.39, 0.29) is 24.1 Å². The number of benzene rings is 1. The van der Waals surface area contributed by atoms with Gasteiger partial charge in [-0.25, -0.2) is 8.78 Å². The summed E-state index contributed by atoms with van der Waals surface area (Å²) >= 11 is 0. The minimum Gasteiger partial charge on any atom is -0.396 e. The molecule has 0 aliphatic heterocycles. The molecule has 0 fully saturated rings. The third kappa shape index (κ3) is 3.75. The van der Waals surface area contributed by atoms with Gasteiger partial charge in [-0.05, 0) is 18.4 Å². The molecule has 2 unspecified atom stereocenters. The van der Waals surface area contributed by atoms with E-state index in [1.807, 2.05) is 6.92 Å². The summed E-state index contributed by atoms with van der Waals surface area (Å²) in [5, 5.41) is 9.01. The van der Waals surface area contributed by atoms with Crippen LogP contribution in [-0.2, 0) is 0 Å². The molecule has 4 heteroatoms. The van der Waals surface area contributed by atoms with Crippen molar-refractivity contribution in [2.24, 2.45) is 5.73 Å². The Hall–Kier alpha value is -1.00. The van der Waals surface area contributed by atoms with E-state index in [1.165, 1.54) is 12.1 Å². The van der Waals surface area contributed by atoms with Crippen molar-refractivity contribution in [2.75, 3.05) is 6.61 Å². The summed E-state index contributed by atoms with van der Waals surface area (Å²) in [4.78, 5) is 0. The number of hydrogen-bond donors (Lipinski definition) is 2. The van der Waals surface area contributed by atoms with Crippen molar-refractivity contribution in [2.45, 2.75) is 38.2 Å². The van der Waals surface area contributed by atoms with E-state index in [9.17, 15) is 8.78 Å². The van der Waals surface area contributed by atoms with Crippen LogP contribution in [0.2, 0.25) is 0 Å². The van der Waals surface area contributed by atoms with E-state index in [0.29, 0.717) is 6.42 Å². The van der Waals surface area contributed by atoms with E-state index < -0.39 is 6.43 Å². The third-order valence-electron chi connectivity index (χ3n) is 3.04. The Labute approximate surface area is 100 Å². The molecule has 0 aliphatic rings. The lowest BCUT2D eigenvalue weighted by Gasteiger charge is -2.22. The molecule has 1 aromatic carbocycles. The molecule has 0 spiro atoms. The monoisotopic (exact) mass is 243 g/mol. The average molecular weight is 243 g/mol. The minimum absolute atomic E-state index is 0.0153. The predicted molar refractivity (Wildman–Crippen MR) is 64.1 cm³/mol. The highest BCUT2D eigenvalue weighted by Gasteiger charge is 2.18. The first-order valence-electron chi connectivity index (χ1n) is 5.84. The van der Waals surface area contributed by atoms with Crippen molar-refractivity contribution >= 4 is 0 Å². The molecule has 0 heterocycles. The zero-order chi connectivity index (χ0) is 12.8. The van der Waals surface area contributed by atoms with Crippen molar-refractivity contribution in [3.05, 3.63) is 35.4 Å². The van der Waals surface area contributed by atoms with Crippen LogP contribution in [0.5, 0.6) is 0 Å². The Morgan fingerprint density at radius 1 is 1.18 bits per heavy atom. The highest BCUT2D eigenvalue weighted by Crippen LogP contribution is 2.26. The summed E-state index contributed by atoms with van der Waals surface area (Å²) in [6.07, 6.45) is -1.09. The lowest BCUT2D eigenvalue weighted by molar-refractivity contribution is 0.151. The van der Waals surface area contributed by atoms with E-state index in [0.717, 1.165) is 12.0 Å². The van der Waals surface area contributed by atoms with Crippen molar-refractivity contribution < 1.29 is 13.9 Å². The Kier molecular flexibility index (Phi) is 5.51. The molecular formula is C13H19F2NO. The molecule has 0 amide bonds. The summed E-state index contributed by atoms with van der Waals surface area (Å²) in [6, 6.07) is 6.15. The van der Waals surface area contributed by atoms with Gasteiger partial charge >= 0.3 is 0 Å². The van der Waals surface area contributed by atoms with Crippen LogP contribution >= 0.6 is 0 Å². The van der Waals surface area contributed by atoms with Gasteiger partial charge in [0.25, 0.3) is 6.43 Å². The number of alkyl halides is 2. The molecule has 0 aliphatic carbocycles. The van der Waals surface area contributed by atoms with Crippen molar-refractivity contribution in [1.29, 1.82) is 0 Å². The zero-order valence-electron chi connectivity index (χ0n) is 9.94. The molecule has 0 aromatic heterocycles. The van der Waals surface area contributed by atoms with E-state index >= 15 is 0 Å². The summed E-state index contributed by atoms with van der Waals surface area (Å²) in [7, 11) is 0. The number of aliphatic hydroxyl groups is 1. The number of rotatable bonds is 6. The standard InChI is InChI=1S/C13H19F2NO/c1-2-12(16)11(7-8-17)9-3-5-10(6-4-9)13(14)15/h3-6,11-13,17H,2,7-8,16H2,1H3. The second kappa shape index (κ2) is 6.67. The predicted octanol–water partition coefficient (Wildman–Crippen LogP) is 2.83. The van der Waals surface area contributed by atoms with Crippen molar-refractivity contribution in [3.63, 3.8) is 0 Å². The lowest BCUT2D eigenvalue weighted by Crippen LogP contribution is -2.28. The number of nitrogens with two attached hydrogens (primary N) is 1. The number of halogens is 2. The van der Waals surface area contributed by atoms with Gasteiger partial charge in [0.1, 0.15) is 0 Å². The molecule has 2 nitrogen and oxygen atoms in total. The lowest BCUT2D eigenvalue weighted by atomic mass is 9.87. The highest BCUT2D eigenvalue weighted by atomic mass is 19.3. The fourth-order valence-electron chi connectivity index (χ4n) is 1.94. The van der Waals surface area contributed by atoms with Gasteiger partial charge in [0, 0.05) is 24.1 Å². The van der Waals surface area contributed by atoms with Gasteiger partial charge in [0.15, 0.2) is 0 Å². The molecule has 17 heavy (non-hydrogen) atoms. The molecule has 2 atom stereocenters. The molecular weight excluding hydrogens is 224 g/mol. The van der Waals surface area contributed by atoms with Crippen LogP contribution in [0.4, 0.5) is 8.78 Å². The quantitative estimate of drug-likeness (QED) is 0.807. The van der Waals surface area contributed by atoms with Gasteiger partial charge in [-0.1, -0.05) is 31.2 Å². The highest BCUT2D eigenvalue weighted by molar-refractivity contribution is 5.27. The topological polar surface area (TPSA) is 46.2 Å². The Morgan fingerprint density at radius 3 is 2.12 bits per heavy atom. The summed E-state index contributed by atoms with van der Waals surface area (Å²) < 4.78 is 24.8. The smallest absolute Gasteiger partial charge is 0.263 e. The maximum Gasteiger partial charge on any atom is 0.263 e. The second-order valence-electron chi connectivity index (χ2n) is 4.16. The Bertz CT molecular complexity index is 327. The van der Waals surface area contributed by atoms with Crippen molar-refractivity contribution in [3.8, 4) is 0 Å². The fourth-order valence-corrected chi connectivity index (χ4v) is 1.94. The maximum absolute atomic E-state index is 12.4. The molecule has 1 rings (SSSR count). The summed E-state index contributed by atoms with van der Waals surface area (Å²) in [6.45, 7) is 2.03. The molecule has 96 valence electrons. The van der Waals surface area contributed by atoms with Gasteiger partial charge in [0.2, 0.25) is 0 Å². The Morgan fingerprint density at radius 2 is 1.71 bits per heavy atom. The third-order valence-corrected chi connectivity index (χ3v) is 3.04. The molecule has 0 radical (unpaired) electrons. The van der Waals surface area contributed by atoms with Gasteiger partial charge in [-0.2, -0.15) is 0 Å². The normalized spacial score (nSPS) is 14.9. The molecule has 1 aromatic rings. The van der Waals surface area contributed by atoms with Gasteiger partial charge < -0.3 is 10.8 Å². The zero-order valence-corrected chi connectivity index (χ0v) is 9.94. The van der Waals surface area contributed by atoms with Crippen LogP contribution in [0.15, 0.2) is 24.3 Å². The number of aliphatic hydroxyl groups excluding tert-OH is 1. The maximum atomic E-state index is 12.4. The number of hydrogen-bond acceptors (Lipinski definition) is 2. The van der Waals surface area contributed by atoms with E-state index in [4.69, 9.17) is 10.8 Å². The SMILES string of the molecule is CCC(N)C(CCO)c1ccc(C(F)F)cc1. The van der Waals surface area contributed by atoms with Crippen LogP contribution in [-0.4, -0.2) is 17.8 Å². The Balaban J connectivity index is 2.87. The summed E-state index contributed by atoms with van der Waals surface area (Å²) in [5.74, 6) is 0.0247. The first-order valence-corrected chi connectivity index (χ1v) is 5.84. The van der Waals surface area contributed by atoms with Crippen LogP contribution in [0.3, 0.4) is 0 Å². The van der Waals surface area contributed by atoms with Crippen LogP contribution < -0.4 is 5.73 Å².